The second-order valence-electron chi connectivity index (χ2n) is 19.4. The topological polar surface area (TPSA) is 46.5 Å². The molecule has 358 valence electrons. The molecule has 1 N–H and O–H groups in total. The van der Waals surface area contributed by atoms with Gasteiger partial charge in [0.1, 0.15) is 0 Å². The Hall–Kier alpha value is -0.830. The Labute approximate surface area is 379 Å². The highest BCUT2D eigenvalue weighted by molar-refractivity contribution is 5.69. The van der Waals surface area contributed by atoms with Crippen molar-refractivity contribution in [2.24, 2.45) is 0 Å². The Morgan fingerprint density at radius 3 is 0.833 bits per heavy atom. The molecule has 0 saturated carbocycles. The van der Waals surface area contributed by atoms with Crippen molar-refractivity contribution in [3.05, 3.63) is 12.2 Å². The van der Waals surface area contributed by atoms with Crippen molar-refractivity contribution in [3.63, 3.8) is 0 Å². The van der Waals surface area contributed by atoms with E-state index in [4.69, 9.17) is 9.84 Å². The van der Waals surface area contributed by atoms with E-state index in [2.05, 4.69) is 19.1 Å². The minimum absolute atomic E-state index is 0.0269. The number of aliphatic hydroxyl groups is 1. The van der Waals surface area contributed by atoms with Crippen LogP contribution in [0.15, 0.2) is 12.2 Å². The summed E-state index contributed by atoms with van der Waals surface area (Å²) in [6.07, 6.45) is 74.0. The SMILES string of the molecule is CCCCCCCCC=CCCCCCCCCCCCC(=O)OCCCCCCCCCCCCCCCCCCCCCCCCCCCCCCCCCCCO. The fourth-order valence-electron chi connectivity index (χ4n) is 9.00. The summed E-state index contributed by atoms with van der Waals surface area (Å²) < 4.78 is 5.50. The standard InChI is InChI=1S/C57H112O3/c1-2-3-4-5-6-7-8-9-10-11-27-30-33-36-39-42-45-48-51-54-57(59)60-56-53-50-47-44-41-38-35-32-29-26-24-22-20-18-16-14-12-13-15-17-19-21-23-25-28-31-34-37-40-43-46-49-52-55-58/h9-10,58H,2-8,11-56H2,1H3. The van der Waals surface area contributed by atoms with Crippen LogP contribution in [-0.2, 0) is 9.53 Å². The van der Waals surface area contributed by atoms with Gasteiger partial charge in [-0.05, 0) is 44.9 Å². The molecule has 0 saturated heterocycles. The van der Waals surface area contributed by atoms with Crippen molar-refractivity contribution >= 4 is 5.97 Å². The molecule has 0 aliphatic heterocycles. The minimum atomic E-state index is 0.0269. The van der Waals surface area contributed by atoms with E-state index in [-0.39, 0.29) is 5.97 Å². The van der Waals surface area contributed by atoms with Gasteiger partial charge in [0.25, 0.3) is 0 Å². The molecule has 0 aromatic rings. The zero-order chi connectivity index (χ0) is 43.2. The highest BCUT2D eigenvalue weighted by Crippen LogP contribution is 2.18. The van der Waals surface area contributed by atoms with Gasteiger partial charge in [0.05, 0.1) is 6.61 Å². The number of carbonyl (C=O) groups is 1. The average Bonchev–Trinajstić information content (AvgIpc) is 3.25. The molecule has 0 aliphatic carbocycles. The van der Waals surface area contributed by atoms with Gasteiger partial charge < -0.3 is 9.84 Å². The summed E-state index contributed by atoms with van der Waals surface area (Å²) in [5.41, 5.74) is 0. The molecule has 0 radical (unpaired) electrons. The maximum absolute atomic E-state index is 12.1. The third-order valence-electron chi connectivity index (χ3n) is 13.2. The van der Waals surface area contributed by atoms with Crippen LogP contribution in [0.5, 0.6) is 0 Å². The fraction of sp³-hybridized carbons (Fsp3) is 0.947. The Balaban J connectivity index is 3.15. The van der Waals surface area contributed by atoms with E-state index >= 15 is 0 Å². The van der Waals surface area contributed by atoms with Crippen molar-refractivity contribution in [3.8, 4) is 0 Å². The first-order valence-corrected chi connectivity index (χ1v) is 28.2. The molecule has 0 atom stereocenters. The number of ether oxygens (including phenoxy) is 1. The number of carbonyl (C=O) groups excluding carboxylic acids is 1. The zero-order valence-electron chi connectivity index (χ0n) is 41.4. The van der Waals surface area contributed by atoms with Crippen molar-refractivity contribution in [1.82, 2.24) is 0 Å². The second-order valence-corrected chi connectivity index (χ2v) is 19.4. The molecule has 0 aliphatic rings. The van der Waals surface area contributed by atoms with Gasteiger partial charge >= 0.3 is 5.97 Å². The number of unbranched alkanes of at least 4 members (excludes halogenated alkanes) is 47. The molecular weight excluding hydrogens is 733 g/mol. The van der Waals surface area contributed by atoms with Gasteiger partial charge in [0.15, 0.2) is 0 Å². The Kier molecular flexibility index (Phi) is 55.4. The second kappa shape index (κ2) is 56.2. The lowest BCUT2D eigenvalue weighted by atomic mass is 10.0. The summed E-state index contributed by atoms with van der Waals surface area (Å²) in [7, 11) is 0. The summed E-state index contributed by atoms with van der Waals surface area (Å²) in [5, 5.41) is 8.82. The molecule has 3 heteroatoms. The molecule has 60 heavy (non-hydrogen) atoms. The smallest absolute Gasteiger partial charge is 0.305 e. The first-order valence-electron chi connectivity index (χ1n) is 28.2. The van der Waals surface area contributed by atoms with Crippen molar-refractivity contribution in [2.45, 2.75) is 334 Å². The molecule has 0 aromatic heterocycles. The summed E-state index contributed by atoms with van der Waals surface area (Å²) in [6.45, 7) is 3.29. The van der Waals surface area contributed by atoms with Gasteiger partial charge in [0, 0.05) is 13.0 Å². The summed E-state index contributed by atoms with van der Waals surface area (Å²) in [6, 6.07) is 0. The summed E-state index contributed by atoms with van der Waals surface area (Å²) in [4.78, 5) is 12.1. The monoisotopic (exact) mass is 845 g/mol. The molecule has 0 bridgehead atoms. The number of hydrogen-bond donors (Lipinski definition) is 1. The van der Waals surface area contributed by atoms with Gasteiger partial charge in [0.2, 0.25) is 0 Å². The summed E-state index contributed by atoms with van der Waals surface area (Å²) >= 11 is 0. The van der Waals surface area contributed by atoms with E-state index in [9.17, 15) is 4.79 Å². The first kappa shape index (κ1) is 59.2. The fourth-order valence-corrected chi connectivity index (χ4v) is 9.00. The predicted octanol–water partition coefficient (Wildman–Crippen LogP) is 20.0. The molecule has 0 amide bonds. The molecule has 0 heterocycles. The minimum Gasteiger partial charge on any atom is -0.466 e. The van der Waals surface area contributed by atoms with Gasteiger partial charge in [-0.1, -0.05) is 295 Å². The molecule has 0 fully saturated rings. The molecule has 0 aromatic carbocycles. The van der Waals surface area contributed by atoms with E-state index in [1.165, 1.54) is 302 Å². The maximum atomic E-state index is 12.1. The number of hydrogen-bond acceptors (Lipinski definition) is 3. The van der Waals surface area contributed by atoms with E-state index in [1.54, 1.807) is 0 Å². The van der Waals surface area contributed by atoms with Crippen LogP contribution in [0.25, 0.3) is 0 Å². The van der Waals surface area contributed by atoms with Crippen LogP contribution < -0.4 is 0 Å². The van der Waals surface area contributed by atoms with Crippen LogP contribution >= 0.6 is 0 Å². The van der Waals surface area contributed by atoms with Crippen molar-refractivity contribution < 1.29 is 14.6 Å². The Bertz CT molecular complexity index is 792. The van der Waals surface area contributed by atoms with Gasteiger partial charge in [-0.15, -0.1) is 0 Å². The van der Waals surface area contributed by atoms with Crippen molar-refractivity contribution in [1.29, 1.82) is 0 Å². The zero-order valence-corrected chi connectivity index (χ0v) is 41.4. The van der Waals surface area contributed by atoms with E-state index in [0.29, 0.717) is 19.6 Å². The van der Waals surface area contributed by atoms with E-state index < -0.39 is 0 Å². The maximum Gasteiger partial charge on any atom is 0.305 e. The number of rotatable bonds is 54. The van der Waals surface area contributed by atoms with Crippen LogP contribution in [0, 0.1) is 0 Å². The van der Waals surface area contributed by atoms with E-state index in [1.807, 2.05) is 0 Å². The number of aliphatic hydroxyl groups excluding tert-OH is 1. The quantitative estimate of drug-likeness (QED) is 0.0377. The van der Waals surface area contributed by atoms with Crippen molar-refractivity contribution in [2.75, 3.05) is 13.2 Å². The van der Waals surface area contributed by atoms with Gasteiger partial charge in [-0.2, -0.15) is 0 Å². The van der Waals surface area contributed by atoms with Gasteiger partial charge in [-0.25, -0.2) is 0 Å². The average molecular weight is 846 g/mol. The van der Waals surface area contributed by atoms with Crippen LogP contribution in [0.3, 0.4) is 0 Å². The molecule has 0 rings (SSSR count). The lowest BCUT2D eigenvalue weighted by molar-refractivity contribution is -0.143. The Morgan fingerprint density at radius 2 is 0.550 bits per heavy atom. The highest BCUT2D eigenvalue weighted by Gasteiger charge is 2.03. The van der Waals surface area contributed by atoms with E-state index in [0.717, 1.165) is 19.3 Å². The lowest BCUT2D eigenvalue weighted by Gasteiger charge is -2.06. The van der Waals surface area contributed by atoms with Crippen LogP contribution in [0.4, 0.5) is 0 Å². The highest BCUT2D eigenvalue weighted by atomic mass is 16.5. The Morgan fingerprint density at radius 1 is 0.317 bits per heavy atom. The lowest BCUT2D eigenvalue weighted by Crippen LogP contribution is -2.05. The van der Waals surface area contributed by atoms with Crippen LogP contribution in [-0.4, -0.2) is 24.3 Å². The normalized spacial score (nSPS) is 11.7. The molecule has 0 spiro atoms. The molecule has 0 unspecified atom stereocenters. The van der Waals surface area contributed by atoms with Crippen LogP contribution in [0.1, 0.15) is 334 Å². The first-order chi connectivity index (χ1) is 29.8. The largest absolute Gasteiger partial charge is 0.466 e. The third kappa shape index (κ3) is 55.2. The van der Waals surface area contributed by atoms with Gasteiger partial charge in [-0.3, -0.25) is 4.79 Å². The molecular formula is C57H112O3. The predicted molar refractivity (Wildman–Crippen MR) is 268 cm³/mol. The number of allylic oxidation sites excluding steroid dienone is 2. The molecule has 3 nitrogen and oxygen atoms in total. The summed E-state index contributed by atoms with van der Waals surface area (Å²) in [5.74, 6) is 0.0269. The number of esters is 1. The third-order valence-corrected chi connectivity index (χ3v) is 13.2. The van der Waals surface area contributed by atoms with Crippen LogP contribution in [0.2, 0.25) is 0 Å².